The van der Waals surface area contributed by atoms with Crippen LogP contribution in [0.1, 0.15) is 25.0 Å². The molecule has 0 unspecified atom stereocenters. The molecule has 6 nitrogen and oxygen atoms in total. The number of para-hydroxylation sites is 1. The first-order chi connectivity index (χ1) is 15.9. The average molecular weight is 466 g/mol. The van der Waals surface area contributed by atoms with Crippen LogP contribution in [0.3, 0.4) is 0 Å². The summed E-state index contributed by atoms with van der Waals surface area (Å²) in [4.78, 5) is 15.2. The van der Waals surface area contributed by atoms with E-state index >= 15 is 0 Å². The smallest absolute Gasteiger partial charge is 0.264 e. The van der Waals surface area contributed by atoms with Crippen molar-refractivity contribution < 1.29 is 13.2 Å². The zero-order valence-corrected chi connectivity index (χ0v) is 20.2. The molecule has 3 aromatic carbocycles. The highest BCUT2D eigenvalue weighted by Gasteiger charge is 2.27. The van der Waals surface area contributed by atoms with E-state index in [-0.39, 0.29) is 17.3 Å². The monoisotopic (exact) mass is 465 g/mol. The fourth-order valence-electron chi connectivity index (χ4n) is 3.66. The highest BCUT2D eigenvalue weighted by molar-refractivity contribution is 7.92. The van der Waals surface area contributed by atoms with Gasteiger partial charge in [0.1, 0.15) is 6.54 Å². The Morgan fingerprint density at radius 1 is 0.848 bits per heavy atom. The number of hydrogen-bond donors (Lipinski definition) is 1. The minimum absolute atomic E-state index is 0.146. The van der Waals surface area contributed by atoms with Crippen molar-refractivity contribution in [1.29, 1.82) is 0 Å². The summed E-state index contributed by atoms with van der Waals surface area (Å²) < 4.78 is 28.0. The molecule has 3 aromatic rings. The second kappa shape index (κ2) is 11.0. The minimum atomic E-state index is -3.91. The van der Waals surface area contributed by atoms with Crippen LogP contribution in [0.5, 0.6) is 0 Å². The van der Waals surface area contributed by atoms with Crippen molar-refractivity contribution in [3.8, 4) is 0 Å². The van der Waals surface area contributed by atoms with E-state index in [4.69, 9.17) is 0 Å². The van der Waals surface area contributed by atoms with Gasteiger partial charge < -0.3 is 10.2 Å². The summed E-state index contributed by atoms with van der Waals surface area (Å²) in [6.07, 6.45) is 0. The van der Waals surface area contributed by atoms with E-state index in [2.05, 4.69) is 24.1 Å². The molecular weight excluding hydrogens is 434 g/mol. The van der Waals surface area contributed by atoms with Gasteiger partial charge in [-0.15, -0.1) is 0 Å². The van der Waals surface area contributed by atoms with Gasteiger partial charge in [0.2, 0.25) is 5.91 Å². The van der Waals surface area contributed by atoms with Gasteiger partial charge in [-0.1, -0.05) is 48.5 Å². The molecule has 0 fully saturated rings. The molecule has 0 aliphatic rings. The van der Waals surface area contributed by atoms with Gasteiger partial charge in [0.05, 0.1) is 10.6 Å². The van der Waals surface area contributed by atoms with Gasteiger partial charge in [-0.3, -0.25) is 9.10 Å². The molecule has 0 saturated carbocycles. The summed E-state index contributed by atoms with van der Waals surface area (Å²) in [5.41, 5.74) is 3.35. The van der Waals surface area contributed by atoms with Gasteiger partial charge in [0, 0.05) is 25.3 Å². The van der Waals surface area contributed by atoms with E-state index in [1.807, 2.05) is 43.3 Å². The SMILES string of the molecule is CCN(CC)c1ccc(CNC(=O)CN(c2ccccc2C)S(=O)(=O)c2ccccc2)cc1. The standard InChI is InChI=1S/C26H31N3O3S/c1-4-28(5-2)23-17-15-22(16-18-23)19-27-26(30)20-29(25-14-10-9-11-21(25)3)33(31,32)24-12-7-6-8-13-24/h6-18H,4-5,19-20H2,1-3H3,(H,27,30). The number of benzene rings is 3. The van der Waals surface area contributed by atoms with Crippen LogP contribution in [-0.4, -0.2) is 34.0 Å². The lowest BCUT2D eigenvalue weighted by atomic mass is 10.2. The molecule has 0 bridgehead atoms. The molecule has 3 rings (SSSR count). The number of carbonyl (C=O) groups excluding carboxylic acids is 1. The molecule has 0 aromatic heterocycles. The Morgan fingerprint density at radius 2 is 1.45 bits per heavy atom. The van der Waals surface area contributed by atoms with Gasteiger partial charge in [-0.2, -0.15) is 0 Å². The molecule has 0 saturated heterocycles. The Kier molecular flexibility index (Phi) is 8.11. The first-order valence-corrected chi connectivity index (χ1v) is 12.5. The lowest BCUT2D eigenvalue weighted by molar-refractivity contribution is -0.119. The van der Waals surface area contributed by atoms with Crippen molar-refractivity contribution in [2.24, 2.45) is 0 Å². The third-order valence-corrected chi connectivity index (χ3v) is 7.33. The van der Waals surface area contributed by atoms with E-state index in [1.165, 1.54) is 16.4 Å². The summed E-state index contributed by atoms with van der Waals surface area (Å²) in [7, 11) is -3.91. The number of aryl methyl sites for hydroxylation is 1. The number of amides is 1. The van der Waals surface area contributed by atoms with Crippen LogP contribution < -0.4 is 14.5 Å². The zero-order valence-electron chi connectivity index (χ0n) is 19.4. The maximum absolute atomic E-state index is 13.4. The normalized spacial score (nSPS) is 11.1. The number of hydrogen-bond acceptors (Lipinski definition) is 4. The number of rotatable bonds is 10. The van der Waals surface area contributed by atoms with E-state index < -0.39 is 10.0 Å². The van der Waals surface area contributed by atoms with E-state index in [1.54, 1.807) is 30.3 Å². The fourth-order valence-corrected chi connectivity index (χ4v) is 5.17. The zero-order chi connectivity index (χ0) is 23.8. The Morgan fingerprint density at radius 3 is 2.06 bits per heavy atom. The van der Waals surface area contributed by atoms with E-state index in [0.29, 0.717) is 12.2 Å². The van der Waals surface area contributed by atoms with Crippen LogP contribution >= 0.6 is 0 Å². The summed E-state index contributed by atoms with van der Waals surface area (Å²) >= 11 is 0. The minimum Gasteiger partial charge on any atom is -0.372 e. The lowest BCUT2D eigenvalue weighted by Crippen LogP contribution is -2.41. The molecular formula is C26H31N3O3S. The van der Waals surface area contributed by atoms with Crippen LogP contribution in [0.15, 0.2) is 83.8 Å². The Hall–Kier alpha value is -3.32. The van der Waals surface area contributed by atoms with Crippen molar-refractivity contribution >= 4 is 27.3 Å². The Labute approximate surface area is 196 Å². The number of nitrogens with zero attached hydrogens (tertiary/aromatic N) is 2. The van der Waals surface area contributed by atoms with Crippen molar-refractivity contribution in [2.45, 2.75) is 32.2 Å². The highest BCUT2D eigenvalue weighted by Crippen LogP contribution is 2.26. The molecule has 0 aliphatic carbocycles. The van der Waals surface area contributed by atoms with Crippen molar-refractivity contribution in [3.05, 3.63) is 90.0 Å². The molecule has 0 spiro atoms. The third-order valence-electron chi connectivity index (χ3n) is 5.56. The summed E-state index contributed by atoms with van der Waals surface area (Å²) in [6.45, 7) is 7.93. The van der Waals surface area contributed by atoms with Crippen LogP contribution in [-0.2, 0) is 21.4 Å². The van der Waals surface area contributed by atoms with Gasteiger partial charge in [0.15, 0.2) is 0 Å². The van der Waals surface area contributed by atoms with Gasteiger partial charge in [-0.05, 0) is 62.2 Å². The van der Waals surface area contributed by atoms with Crippen LogP contribution in [0, 0.1) is 6.92 Å². The van der Waals surface area contributed by atoms with Crippen LogP contribution in [0.25, 0.3) is 0 Å². The molecule has 0 aliphatic heterocycles. The average Bonchev–Trinajstić information content (AvgIpc) is 2.84. The predicted octanol–water partition coefficient (Wildman–Crippen LogP) is 4.35. The highest BCUT2D eigenvalue weighted by atomic mass is 32.2. The van der Waals surface area contributed by atoms with Gasteiger partial charge >= 0.3 is 0 Å². The van der Waals surface area contributed by atoms with Crippen molar-refractivity contribution in [2.75, 3.05) is 28.8 Å². The molecule has 1 amide bonds. The van der Waals surface area contributed by atoms with Crippen molar-refractivity contribution in [3.63, 3.8) is 0 Å². The topological polar surface area (TPSA) is 69.7 Å². The first kappa shape index (κ1) is 24.3. The van der Waals surface area contributed by atoms with Gasteiger partial charge in [-0.25, -0.2) is 8.42 Å². The van der Waals surface area contributed by atoms with E-state index in [0.717, 1.165) is 29.9 Å². The molecule has 0 atom stereocenters. The number of nitrogens with one attached hydrogen (secondary N) is 1. The number of anilines is 2. The first-order valence-electron chi connectivity index (χ1n) is 11.1. The van der Waals surface area contributed by atoms with Crippen molar-refractivity contribution in [1.82, 2.24) is 5.32 Å². The van der Waals surface area contributed by atoms with Gasteiger partial charge in [0.25, 0.3) is 10.0 Å². The second-order valence-corrected chi connectivity index (χ2v) is 9.59. The number of sulfonamides is 1. The van der Waals surface area contributed by atoms with Crippen LogP contribution in [0.4, 0.5) is 11.4 Å². The molecule has 33 heavy (non-hydrogen) atoms. The molecule has 7 heteroatoms. The molecule has 0 heterocycles. The second-order valence-electron chi connectivity index (χ2n) is 7.73. The molecule has 0 radical (unpaired) electrons. The predicted molar refractivity (Wildman–Crippen MR) is 134 cm³/mol. The molecule has 174 valence electrons. The maximum Gasteiger partial charge on any atom is 0.264 e. The maximum atomic E-state index is 13.4. The Bertz CT molecular complexity index is 1160. The van der Waals surface area contributed by atoms with E-state index in [9.17, 15) is 13.2 Å². The van der Waals surface area contributed by atoms with Crippen LogP contribution in [0.2, 0.25) is 0 Å². The summed E-state index contributed by atoms with van der Waals surface area (Å²) in [5, 5.41) is 2.86. The summed E-state index contributed by atoms with van der Waals surface area (Å²) in [5.74, 6) is -0.370. The fraction of sp³-hybridized carbons (Fsp3) is 0.269. The summed E-state index contributed by atoms with van der Waals surface area (Å²) in [6, 6.07) is 23.4. The third kappa shape index (κ3) is 5.93. The largest absolute Gasteiger partial charge is 0.372 e. The quantitative estimate of drug-likeness (QED) is 0.483. The lowest BCUT2D eigenvalue weighted by Gasteiger charge is -2.25. The molecule has 1 N–H and O–H groups in total. The number of carbonyl (C=O) groups is 1. The Balaban J connectivity index is 1.77.